The van der Waals surface area contributed by atoms with Crippen molar-refractivity contribution in [2.24, 2.45) is 0 Å². The summed E-state index contributed by atoms with van der Waals surface area (Å²) in [5.74, 6) is 0.104. The number of rotatable bonds is 7. The number of hydrogen-bond acceptors (Lipinski definition) is 8. The molecule has 0 aliphatic carbocycles. The van der Waals surface area contributed by atoms with Gasteiger partial charge in [0.1, 0.15) is 18.1 Å². The molecular formula is C12H21N3O7P2. The summed E-state index contributed by atoms with van der Waals surface area (Å²) >= 11 is 0. The van der Waals surface area contributed by atoms with Crippen molar-refractivity contribution >= 4 is 21.8 Å². The van der Waals surface area contributed by atoms with Gasteiger partial charge in [0.2, 0.25) is 0 Å². The van der Waals surface area contributed by atoms with Gasteiger partial charge in [-0.25, -0.2) is 4.79 Å². The van der Waals surface area contributed by atoms with E-state index in [1.165, 1.54) is 23.9 Å². The average molecular weight is 381 g/mol. The number of nitrogens with zero attached hydrogens (tertiary/aromatic N) is 2. The van der Waals surface area contributed by atoms with Crippen LogP contribution in [0.15, 0.2) is 17.1 Å². The summed E-state index contributed by atoms with van der Waals surface area (Å²) in [5, 5.41) is 0. The van der Waals surface area contributed by atoms with Gasteiger partial charge in [-0.15, -0.1) is 0 Å². The fourth-order valence-electron chi connectivity index (χ4n) is 2.26. The summed E-state index contributed by atoms with van der Waals surface area (Å²) in [6.45, 7) is 2.97. The maximum Gasteiger partial charge on any atom is 0.351 e. The monoisotopic (exact) mass is 381 g/mol. The van der Waals surface area contributed by atoms with Crippen molar-refractivity contribution in [1.29, 1.82) is 0 Å². The molecule has 0 aromatic carbocycles. The predicted octanol–water partition coefficient (Wildman–Crippen LogP) is 0.918. The summed E-state index contributed by atoms with van der Waals surface area (Å²) in [4.78, 5) is 25.1. The Kier molecular flexibility index (Phi) is 6.50. The van der Waals surface area contributed by atoms with Crippen molar-refractivity contribution < 1.29 is 27.8 Å². The van der Waals surface area contributed by atoms with E-state index in [0.717, 1.165) is 6.66 Å². The zero-order chi connectivity index (χ0) is 17.9. The van der Waals surface area contributed by atoms with Gasteiger partial charge in [-0.2, -0.15) is 4.98 Å². The second-order valence-electron chi connectivity index (χ2n) is 5.27. The second-order valence-corrected chi connectivity index (χ2v) is 8.59. The van der Waals surface area contributed by atoms with Gasteiger partial charge in [0.25, 0.3) is 0 Å². The van der Waals surface area contributed by atoms with E-state index >= 15 is 0 Å². The minimum absolute atomic E-state index is 0.104. The van der Waals surface area contributed by atoms with Gasteiger partial charge in [-0.1, -0.05) is 0 Å². The van der Waals surface area contributed by atoms with Crippen molar-refractivity contribution in [2.45, 2.75) is 24.9 Å². The van der Waals surface area contributed by atoms with Crippen LogP contribution in [0.1, 0.15) is 12.6 Å². The smallest absolute Gasteiger partial charge is 0.351 e. The summed E-state index contributed by atoms with van der Waals surface area (Å²) in [6, 6.07) is 1.47. The Bertz CT molecular complexity index is 664. The van der Waals surface area contributed by atoms with Crippen molar-refractivity contribution in [2.75, 3.05) is 32.8 Å². The molecule has 1 fully saturated rings. The highest BCUT2D eigenvalue weighted by Gasteiger charge is 2.40. The quantitative estimate of drug-likeness (QED) is 0.661. The molecule has 0 radical (unpaired) electrons. The van der Waals surface area contributed by atoms with Crippen molar-refractivity contribution in [3.05, 3.63) is 22.7 Å². The van der Waals surface area contributed by atoms with E-state index in [9.17, 15) is 14.3 Å². The number of aromatic nitrogens is 2. The first kappa shape index (κ1) is 19.5. The molecule has 2 heterocycles. The molecule has 1 aliphatic heterocycles. The van der Waals surface area contributed by atoms with Gasteiger partial charge in [0.15, 0.2) is 8.38 Å². The topological polar surface area (TPSA) is 135 Å². The van der Waals surface area contributed by atoms with Gasteiger partial charge in [-0.05, 0) is 6.07 Å². The van der Waals surface area contributed by atoms with Gasteiger partial charge in [-0.3, -0.25) is 9.13 Å². The van der Waals surface area contributed by atoms with Gasteiger partial charge in [0.05, 0.1) is 12.7 Å². The van der Waals surface area contributed by atoms with Crippen molar-refractivity contribution in [3.63, 3.8) is 0 Å². The molecule has 5 atom stereocenters. The lowest BCUT2D eigenvalue weighted by Crippen LogP contribution is -2.28. The molecule has 10 nitrogen and oxygen atoms in total. The maximum absolute atomic E-state index is 11.9. The van der Waals surface area contributed by atoms with Crippen LogP contribution < -0.4 is 11.4 Å². The number of anilines is 1. The Balaban J connectivity index is 2.15. The number of nitrogen functional groups attached to an aromatic ring is 1. The van der Waals surface area contributed by atoms with Crippen molar-refractivity contribution in [3.8, 4) is 0 Å². The van der Waals surface area contributed by atoms with Gasteiger partial charge < -0.3 is 28.9 Å². The molecule has 136 valence electrons. The summed E-state index contributed by atoms with van der Waals surface area (Å²) < 4.78 is 34.4. The summed E-state index contributed by atoms with van der Waals surface area (Å²) in [7, 11) is -3.30. The third kappa shape index (κ3) is 5.32. The Hall–Kier alpha value is -0.860. The SMILES string of the molecule is COP(C)OCC1OC(n2ccc(N)nc2=O)CC1OP(C)(=O)O. The number of hydrogen-bond donors (Lipinski definition) is 2. The lowest BCUT2D eigenvalue weighted by Gasteiger charge is -2.21. The van der Waals surface area contributed by atoms with E-state index in [1.54, 1.807) is 6.66 Å². The van der Waals surface area contributed by atoms with Crippen LogP contribution in [0.5, 0.6) is 0 Å². The van der Waals surface area contributed by atoms with Crippen molar-refractivity contribution in [1.82, 2.24) is 9.55 Å². The van der Waals surface area contributed by atoms with E-state index < -0.39 is 40.1 Å². The van der Waals surface area contributed by atoms with Gasteiger partial charge in [0, 0.05) is 33.1 Å². The van der Waals surface area contributed by atoms with E-state index in [4.69, 9.17) is 24.0 Å². The molecule has 0 bridgehead atoms. The molecule has 1 saturated heterocycles. The number of nitrogens with two attached hydrogens (primary N) is 1. The zero-order valence-electron chi connectivity index (χ0n) is 13.6. The minimum Gasteiger partial charge on any atom is -0.383 e. The lowest BCUT2D eigenvalue weighted by molar-refractivity contribution is -0.0379. The van der Waals surface area contributed by atoms with E-state index in [2.05, 4.69) is 4.98 Å². The third-order valence-corrected chi connectivity index (χ3v) is 5.04. The maximum atomic E-state index is 11.9. The van der Waals surface area contributed by atoms with Crippen LogP contribution in [0.2, 0.25) is 0 Å². The predicted molar refractivity (Wildman–Crippen MR) is 87.9 cm³/mol. The fourth-order valence-corrected chi connectivity index (χ4v) is 3.45. The van der Waals surface area contributed by atoms with Gasteiger partial charge >= 0.3 is 13.3 Å². The van der Waals surface area contributed by atoms with E-state index in [-0.39, 0.29) is 18.8 Å². The molecule has 24 heavy (non-hydrogen) atoms. The second kappa shape index (κ2) is 8.01. The first-order chi connectivity index (χ1) is 11.2. The normalized spacial score (nSPS) is 27.8. The average Bonchev–Trinajstić information content (AvgIpc) is 2.85. The first-order valence-corrected chi connectivity index (χ1v) is 10.7. The van der Waals surface area contributed by atoms with Crippen LogP contribution in [0.4, 0.5) is 5.82 Å². The standard InChI is InChI=1S/C12H21N3O7P2/c1-19-23(2)20-7-9-8(22-24(3,17)18)6-11(21-9)15-5-4-10(13)14-12(15)16/h4-5,8-9,11H,6-7H2,1-3H3,(H,17,18)(H2,13,14,16). The Morgan fingerprint density at radius 3 is 2.92 bits per heavy atom. The van der Waals surface area contributed by atoms with E-state index in [1.807, 2.05) is 0 Å². The molecule has 1 aliphatic rings. The van der Waals surface area contributed by atoms with Crippen LogP contribution in [0.3, 0.4) is 0 Å². The summed E-state index contributed by atoms with van der Waals surface area (Å²) in [5.41, 5.74) is 4.90. The highest BCUT2D eigenvalue weighted by molar-refractivity contribution is 7.51. The Labute approximate surface area is 140 Å². The molecule has 12 heteroatoms. The van der Waals surface area contributed by atoms with Crippen LogP contribution in [-0.2, 0) is 22.9 Å². The van der Waals surface area contributed by atoms with E-state index in [0.29, 0.717) is 0 Å². The Morgan fingerprint density at radius 1 is 1.62 bits per heavy atom. The minimum atomic E-state index is -3.73. The van der Waals surface area contributed by atoms with Crippen LogP contribution in [0.25, 0.3) is 0 Å². The molecule has 0 amide bonds. The molecule has 2 rings (SSSR count). The highest BCUT2D eigenvalue weighted by Crippen LogP contribution is 2.44. The number of ether oxygens (including phenoxy) is 1. The Morgan fingerprint density at radius 2 is 2.33 bits per heavy atom. The molecule has 0 saturated carbocycles. The fraction of sp³-hybridized carbons (Fsp3) is 0.667. The molecule has 1 aromatic rings. The zero-order valence-corrected chi connectivity index (χ0v) is 15.4. The molecular weight excluding hydrogens is 360 g/mol. The molecule has 5 unspecified atom stereocenters. The third-order valence-electron chi connectivity index (χ3n) is 3.35. The lowest BCUT2D eigenvalue weighted by atomic mass is 10.2. The largest absolute Gasteiger partial charge is 0.383 e. The van der Waals surface area contributed by atoms with Crippen LogP contribution in [-0.4, -0.2) is 53.7 Å². The first-order valence-electron chi connectivity index (χ1n) is 7.09. The molecule has 1 aromatic heterocycles. The highest BCUT2D eigenvalue weighted by atomic mass is 31.2. The molecule has 3 N–H and O–H groups in total. The molecule has 0 spiro atoms. The van der Waals surface area contributed by atoms with Crippen LogP contribution in [0, 0.1) is 0 Å². The summed E-state index contributed by atoms with van der Waals surface area (Å²) in [6.07, 6.45) is -0.365. The van der Waals surface area contributed by atoms with Crippen LogP contribution >= 0.6 is 16.0 Å².